The van der Waals surface area contributed by atoms with E-state index in [1.165, 1.54) is 12.4 Å². The minimum atomic E-state index is -0.573. The summed E-state index contributed by atoms with van der Waals surface area (Å²) in [5, 5.41) is 7.40. The van der Waals surface area contributed by atoms with Crippen LogP contribution in [0.4, 0.5) is 5.82 Å². The largest absolute Gasteiger partial charge is 0.451 e. The van der Waals surface area contributed by atoms with Crippen molar-refractivity contribution in [2.75, 3.05) is 5.32 Å². The molecule has 0 fully saturated rings. The zero-order chi connectivity index (χ0) is 19.0. The minimum absolute atomic E-state index is 0.0926. The number of fused-ring (bicyclic) bond motifs is 1. The maximum atomic E-state index is 12.5. The van der Waals surface area contributed by atoms with E-state index in [4.69, 9.17) is 4.42 Å². The number of nitrogens with one attached hydrogen (secondary N) is 1. The van der Waals surface area contributed by atoms with Crippen LogP contribution in [-0.4, -0.2) is 25.7 Å². The van der Waals surface area contributed by atoms with Crippen LogP contribution in [0.25, 0.3) is 16.8 Å². The van der Waals surface area contributed by atoms with Gasteiger partial charge in [-0.1, -0.05) is 12.1 Å². The van der Waals surface area contributed by atoms with E-state index in [0.29, 0.717) is 16.8 Å². The van der Waals surface area contributed by atoms with Gasteiger partial charge in [-0.05, 0) is 32.0 Å². The highest BCUT2D eigenvalue weighted by molar-refractivity contribution is 6.02. The highest BCUT2D eigenvalue weighted by Gasteiger charge is 2.14. The first-order chi connectivity index (χ1) is 13.0. The van der Waals surface area contributed by atoms with Crippen LogP contribution in [0, 0.1) is 13.8 Å². The molecule has 0 bridgehead atoms. The van der Waals surface area contributed by atoms with E-state index >= 15 is 0 Å². The summed E-state index contributed by atoms with van der Waals surface area (Å²) in [4.78, 5) is 32.9. The van der Waals surface area contributed by atoms with E-state index in [2.05, 4.69) is 20.4 Å². The van der Waals surface area contributed by atoms with Crippen molar-refractivity contribution >= 4 is 22.7 Å². The topological polar surface area (TPSA) is 103 Å². The molecule has 4 rings (SSSR count). The monoisotopic (exact) mass is 361 g/mol. The molecule has 0 saturated heterocycles. The van der Waals surface area contributed by atoms with Crippen molar-refractivity contribution in [1.82, 2.24) is 19.7 Å². The smallest absolute Gasteiger partial charge is 0.292 e. The van der Waals surface area contributed by atoms with Gasteiger partial charge in [-0.15, -0.1) is 0 Å². The molecular formula is C19H15N5O3. The fraction of sp³-hybridized carbons (Fsp3) is 0.105. The number of nitrogens with zero attached hydrogens (tertiary/aromatic N) is 4. The Hall–Kier alpha value is -3.81. The molecular weight excluding hydrogens is 346 g/mol. The van der Waals surface area contributed by atoms with Gasteiger partial charge in [0.15, 0.2) is 17.0 Å². The van der Waals surface area contributed by atoms with Crippen LogP contribution in [0.2, 0.25) is 0 Å². The summed E-state index contributed by atoms with van der Waals surface area (Å²) in [5.74, 6) is 0.125. The summed E-state index contributed by atoms with van der Waals surface area (Å²) < 4.78 is 7.20. The SMILES string of the molecule is Cc1cc(C)n(-c2cc(NC(=O)c3cc(=O)c4ccccc4o3)ncn2)n1. The first kappa shape index (κ1) is 16.6. The molecule has 134 valence electrons. The van der Waals surface area contributed by atoms with Gasteiger partial charge in [-0.3, -0.25) is 9.59 Å². The molecule has 3 aromatic heterocycles. The zero-order valence-corrected chi connectivity index (χ0v) is 14.6. The minimum Gasteiger partial charge on any atom is -0.451 e. The number of amides is 1. The van der Waals surface area contributed by atoms with Crippen LogP contribution in [0.5, 0.6) is 0 Å². The van der Waals surface area contributed by atoms with Crippen LogP contribution in [-0.2, 0) is 0 Å². The van der Waals surface area contributed by atoms with E-state index in [1.54, 1.807) is 35.0 Å². The molecule has 1 amide bonds. The summed E-state index contributed by atoms with van der Waals surface area (Å²) >= 11 is 0. The van der Waals surface area contributed by atoms with Gasteiger partial charge in [0.1, 0.15) is 17.7 Å². The van der Waals surface area contributed by atoms with Crippen molar-refractivity contribution in [1.29, 1.82) is 0 Å². The van der Waals surface area contributed by atoms with Gasteiger partial charge in [0, 0.05) is 17.8 Å². The van der Waals surface area contributed by atoms with E-state index in [9.17, 15) is 9.59 Å². The Morgan fingerprint density at radius 3 is 2.70 bits per heavy atom. The molecule has 27 heavy (non-hydrogen) atoms. The second kappa shape index (κ2) is 6.49. The predicted octanol–water partition coefficient (Wildman–Crippen LogP) is 2.64. The lowest BCUT2D eigenvalue weighted by Gasteiger charge is -2.07. The first-order valence-electron chi connectivity index (χ1n) is 8.21. The maximum Gasteiger partial charge on any atom is 0.292 e. The molecule has 0 aliphatic carbocycles. The molecule has 0 spiro atoms. The molecule has 4 aromatic rings. The van der Waals surface area contributed by atoms with Crippen molar-refractivity contribution in [2.45, 2.75) is 13.8 Å². The third kappa shape index (κ3) is 3.20. The van der Waals surface area contributed by atoms with Crippen LogP contribution in [0.15, 0.2) is 58.0 Å². The van der Waals surface area contributed by atoms with Crippen LogP contribution >= 0.6 is 0 Å². The number of hydrogen-bond donors (Lipinski definition) is 1. The number of hydrogen-bond acceptors (Lipinski definition) is 6. The van der Waals surface area contributed by atoms with E-state index in [1.807, 2.05) is 19.9 Å². The lowest BCUT2D eigenvalue weighted by atomic mass is 10.2. The van der Waals surface area contributed by atoms with E-state index < -0.39 is 5.91 Å². The normalized spacial score (nSPS) is 10.9. The Bertz CT molecular complexity index is 1230. The molecule has 0 radical (unpaired) electrons. The number of aryl methyl sites for hydroxylation is 2. The van der Waals surface area contributed by atoms with Crippen molar-refractivity contribution in [2.24, 2.45) is 0 Å². The third-order valence-corrected chi connectivity index (χ3v) is 3.98. The molecule has 0 aliphatic rings. The highest BCUT2D eigenvalue weighted by Crippen LogP contribution is 2.15. The van der Waals surface area contributed by atoms with Gasteiger partial charge in [-0.25, -0.2) is 14.6 Å². The summed E-state index contributed by atoms with van der Waals surface area (Å²) in [6, 6.07) is 11.4. The second-order valence-electron chi connectivity index (χ2n) is 6.03. The number of benzene rings is 1. The summed E-state index contributed by atoms with van der Waals surface area (Å²) in [7, 11) is 0. The standard InChI is InChI=1S/C19H15N5O3/c1-11-7-12(2)24(23-11)18-9-17(20-10-21-18)22-19(26)16-8-14(25)13-5-3-4-6-15(13)27-16/h3-10H,1-2H3,(H,20,21,22,26). The number of rotatable bonds is 3. The van der Waals surface area contributed by atoms with Crippen molar-refractivity contribution in [3.05, 3.63) is 76.2 Å². The van der Waals surface area contributed by atoms with E-state index in [0.717, 1.165) is 11.4 Å². The average molecular weight is 361 g/mol. The summed E-state index contributed by atoms with van der Waals surface area (Å²) in [5.41, 5.74) is 1.83. The van der Waals surface area contributed by atoms with Gasteiger partial charge in [0.25, 0.3) is 5.91 Å². The van der Waals surface area contributed by atoms with Gasteiger partial charge >= 0.3 is 0 Å². The first-order valence-corrected chi connectivity index (χ1v) is 8.21. The number of aromatic nitrogens is 4. The fourth-order valence-corrected chi connectivity index (χ4v) is 2.79. The van der Waals surface area contributed by atoms with Crippen molar-refractivity contribution in [3.63, 3.8) is 0 Å². The lowest BCUT2D eigenvalue weighted by molar-refractivity contribution is 0.0997. The predicted molar refractivity (Wildman–Crippen MR) is 99.1 cm³/mol. The fourth-order valence-electron chi connectivity index (χ4n) is 2.79. The Labute approximate surface area is 153 Å². The van der Waals surface area contributed by atoms with Crippen molar-refractivity contribution in [3.8, 4) is 5.82 Å². The molecule has 8 nitrogen and oxygen atoms in total. The number of anilines is 1. The summed E-state index contributed by atoms with van der Waals surface area (Å²) in [6.45, 7) is 3.79. The van der Waals surface area contributed by atoms with Crippen molar-refractivity contribution < 1.29 is 9.21 Å². The molecule has 1 aromatic carbocycles. The quantitative estimate of drug-likeness (QED) is 0.602. The average Bonchev–Trinajstić information content (AvgIpc) is 3.00. The Balaban J connectivity index is 1.65. The Morgan fingerprint density at radius 2 is 1.93 bits per heavy atom. The second-order valence-corrected chi connectivity index (χ2v) is 6.03. The Kier molecular flexibility index (Phi) is 4.00. The molecule has 0 atom stereocenters. The molecule has 1 N–H and O–H groups in total. The molecule has 0 unspecified atom stereocenters. The molecule has 8 heteroatoms. The highest BCUT2D eigenvalue weighted by atomic mass is 16.3. The third-order valence-electron chi connectivity index (χ3n) is 3.98. The number of carbonyl (C=O) groups is 1. The van der Waals surface area contributed by atoms with Gasteiger partial charge < -0.3 is 9.73 Å². The van der Waals surface area contributed by atoms with Crippen LogP contribution < -0.4 is 10.7 Å². The van der Waals surface area contributed by atoms with Gasteiger partial charge in [-0.2, -0.15) is 5.10 Å². The zero-order valence-electron chi connectivity index (χ0n) is 14.6. The lowest BCUT2D eigenvalue weighted by Crippen LogP contribution is -2.16. The summed E-state index contributed by atoms with van der Waals surface area (Å²) in [6.07, 6.45) is 1.33. The number of para-hydroxylation sites is 1. The van der Waals surface area contributed by atoms with Gasteiger partial charge in [0.2, 0.25) is 0 Å². The van der Waals surface area contributed by atoms with E-state index in [-0.39, 0.29) is 17.0 Å². The van der Waals surface area contributed by atoms with Crippen LogP contribution in [0.1, 0.15) is 21.9 Å². The number of carbonyl (C=O) groups excluding carboxylic acids is 1. The molecule has 0 aliphatic heterocycles. The molecule has 0 saturated carbocycles. The Morgan fingerprint density at radius 1 is 1.11 bits per heavy atom. The maximum absolute atomic E-state index is 12.5. The molecule has 3 heterocycles. The van der Waals surface area contributed by atoms with Gasteiger partial charge in [0.05, 0.1) is 11.1 Å². The van der Waals surface area contributed by atoms with Crippen LogP contribution in [0.3, 0.4) is 0 Å².